The molecule has 0 rings (SSSR count). The van der Waals surface area contributed by atoms with E-state index in [1.807, 2.05) is 0 Å². The first-order valence-corrected chi connectivity index (χ1v) is 5.32. The lowest BCUT2D eigenvalue weighted by atomic mass is 9.91. The van der Waals surface area contributed by atoms with E-state index in [4.69, 9.17) is 10.2 Å². The van der Waals surface area contributed by atoms with Gasteiger partial charge in [-0.2, -0.15) is 0 Å². The summed E-state index contributed by atoms with van der Waals surface area (Å²) in [5.41, 5.74) is -0.348. The average molecular weight is 258 g/mol. The Morgan fingerprint density at radius 1 is 1.11 bits per heavy atom. The summed E-state index contributed by atoms with van der Waals surface area (Å²) < 4.78 is 0. The summed E-state index contributed by atoms with van der Waals surface area (Å²) in [6.45, 7) is 8.17. The number of aliphatic carboxylic acids is 2. The van der Waals surface area contributed by atoms with Crippen molar-refractivity contribution in [2.75, 3.05) is 0 Å². The predicted octanol–water partition coefficient (Wildman–Crippen LogP) is 0.755. The third-order valence-corrected chi connectivity index (χ3v) is 2.37. The second kappa shape index (κ2) is 6.32. The van der Waals surface area contributed by atoms with Crippen LogP contribution in [0.25, 0.3) is 0 Å². The highest BCUT2D eigenvalue weighted by molar-refractivity contribution is 5.86. The number of hydrogen-bond acceptors (Lipinski definition) is 4. The average Bonchev–Trinajstić information content (AvgIpc) is 2.14. The van der Waals surface area contributed by atoms with Gasteiger partial charge in [0.05, 0.1) is 0 Å². The van der Waals surface area contributed by atoms with Crippen LogP contribution >= 0.6 is 0 Å². The van der Waals surface area contributed by atoms with E-state index in [1.165, 1.54) is 0 Å². The van der Waals surface area contributed by atoms with Crippen LogP contribution in [0.2, 0.25) is 0 Å². The van der Waals surface area contributed by atoms with E-state index in [2.05, 4.69) is 13.2 Å². The van der Waals surface area contributed by atoms with Gasteiger partial charge in [0, 0.05) is 24.0 Å². The van der Waals surface area contributed by atoms with Crippen LogP contribution in [-0.2, 0) is 9.59 Å². The van der Waals surface area contributed by atoms with Gasteiger partial charge in [-0.05, 0) is 12.3 Å². The fraction of sp³-hybridized carbons (Fsp3) is 0.500. The monoisotopic (exact) mass is 258 g/mol. The van der Waals surface area contributed by atoms with Gasteiger partial charge in [-0.25, -0.2) is 9.59 Å². The molecule has 0 radical (unpaired) electrons. The van der Waals surface area contributed by atoms with E-state index >= 15 is 0 Å². The van der Waals surface area contributed by atoms with Gasteiger partial charge in [0.1, 0.15) is 0 Å². The quantitative estimate of drug-likeness (QED) is 0.377. The van der Waals surface area contributed by atoms with Crippen LogP contribution < -0.4 is 0 Å². The van der Waals surface area contributed by atoms with Crippen molar-refractivity contribution in [3.8, 4) is 0 Å². The van der Waals surface area contributed by atoms with Crippen molar-refractivity contribution in [3.63, 3.8) is 0 Å². The third kappa shape index (κ3) is 6.17. The van der Waals surface area contributed by atoms with Gasteiger partial charge in [0.15, 0.2) is 5.79 Å². The van der Waals surface area contributed by atoms with Crippen LogP contribution in [-0.4, -0.2) is 38.2 Å². The molecule has 0 saturated heterocycles. The van der Waals surface area contributed by atoms with Crippen LogP contribution in [0.3, 0.4) is 0 Å². The lowest BCUT2D eigenvalue weighted by Gasteiger charge is -2.25. The maximum absolute atomic E-state index is 10.6. The summed E-state index contributed by atoms with van der Waals surface area (Å²) in [5, 5.41) is 36.4. The van der Waals surface area contributed by atoms with E-state index in [0.717, 1.165) is 0 Å². The molecule has 0 spiro atoms. The Balaban J connectivity index is 4.39. The van der Waals surface area contributed by atoms with Crippen molar-refractivity contribution in [3.05, 3.63) is 24.3 Å². The summed E-state index contributed by atoms with van der Waals surface area (Å²) in [7, 11) is 0. The van der Waals surface area contributed by atoms with Crippen molar-refractivity contribution < 1.29 is 30.0 Å². The van der Waals surface area contributed by atoms with Gasteiger partial charge in [-0.15, -0.1) is 0 Å². The third-order valence-electron chi connectivity index (χ3n) is 2.37. The van der Waals surface area contributed by atoms with Crippen molar-refractivity contribution >= 4 is 11.9 Å². The summed E-state index contributed by atoms with van der Waals surface area (Å²) in [5.74, 6) is -5.01. The van der Waals surface area contributed by atoms with Crippen LogP contribution in [0.1, 0.15) is 26.2 Å². The Morgan fingerprint density at radius 3 is 1.94 bits per heavy atom. The highest BCUT2D eigenvalue weighted by Crippen LogP contribution is 2.25. The van der Waals surface area contributed by atoms with Crippen molar-refractivity contribution in [2.45, 2.75) is 32.0 Å². The minimum atomic E-state index is -2.21. The molecule has 6 nitrogen and oxygen atoms in total. The lowest BCUT2D eigenvalue weighted by molar-refractivity contribution is -0.174. The zero-order valence-electron chi connectivity index (χ0n) is 10.2. The van der Waals surface area contributed by atoms with E-state index in [1.54, 1.807) is 6.92 Å². The number of rotatable bonds is 8. The first kappa shape index (κ1) is 16.3. The second-order valence-electron chi connectivity index (χ2n) is 4.49. The van der Waals surface area contributed by atoms with Crippen molar-refractivity contribution in [1.29, 1.82) is 0 Å². The summed E-state index contributed by atoms with van der Waals surface area (Å²) in [6, 6.07) is 0. The maximum Gasteiger partial charge on any atom is 0.331 e. The smallest absolute Gasteiger partial charge is 0.331 e. The lowest BCUT2D eigenvalue weighted by Crippen LogP contribution is -2.32. The van der Waals surface area contributed by atoms with E-state index in [0.29, 0.717) is 0 Å². The molecule has 0 aliphatic carbocycles. The van der Waals surface area contributed by atoms with E-state index < -0.39 is 24.1 Å². The molecule has 1 unspecified atom stereocenters. The Bertz CT molecular complexity index is 369. The SMILES string of the molecule is C=C(CC(C)CC(O)(O)CC(=C)C(=O)O)C(=O)O. The standard InChI is InChI=1S/C12H18O6/c1-7(4-8(2)10(13)14)5-12(17,18)6-9(3)11(15)16/h7,17-18H,2-6H2,1H3,(H,13,14)(H,15,16). The fourth-order valence-electron chi connectivity index (χ4n) is 1.63. The van der Waals surface area contributed by atoms with E-state index in [9.17, 15) is 19.8 Å². The molecule has 0 aromatic heterocycles. The number of aliphatic hydroxyl groups is 2. The first-order valence-electron chi connectivity index (χ1n) is 5.32. The van der Waals surface area contributed by atoms with Gasteiger partial charge in [0.2, 0.25) is 0 Å². The molecule has 0 aliphatic rings. The van der Waals surface area contributed by atoms with Gasteiger partial charge in [-0.3, -0.25) is 0 Å². The second-order valence-corrected chi connectivity index (χ2v) is 4.49. The molecular formula is C12H18O6. The number of carboxylic acids is 2. The number of carbonyl (C=O) groups is 2. The van der Waals surface area contributed by atoms with Crippen LogP contribution in [0.15, 0.2) is 24.3 Å². The minimum Gasteiger partial charge on any atom is -0.478 e. The maximum atomic E-state index is 10.6. The van der Waals surface area contributed by atoms with Crippen LogP contribution in [0.4, 0.5) is 0 Å². The van der Waals surface area contributed by atoms with Gasteiger partial charge in [0.25, 0.3) is 0 Å². The molecule has 18 heavy (non-hydrogen) atoms. The largest absolute Gasteiger partial charge is 0.478 e. The molecule has 0 aromatic rings. The van der Waals surface area contributed by atoms with Crippen LogP contribution in [0.5, 0.6) is 0 Å². The Kier molecular flexibility index (Phi) is 5.74. The molecule has 0 saturated carbocycles. The topological polar surface area (TPSA) is 115 Å². The predicted molar refractivity (Wildman–Crippen MR) is 63.7 cm³/mol. The molecule has 1 atom stereocenters. The zero-order valence-corrected chi connectivity index (χ0v) is 10.2. The van der Waals surface area contributed by atoms with Crippen molar-refractivity contribution in [1.82, 2.24) is 0 Å². The Hall–Kier alpha value is -1.66. The van der Waals surface area contributed by atoms with Gasteiger partial charge >= 0.3 is 11.9 Å². The highest BCUT2D eigenvalue weighted by atomic mass is 16.5. The minimum absolute atomic E-state index is 0.0321. The van der Waals surface area contributed by atoms with Gasteiger partial charge < -0.3 is 20.4 Å². The molecule has 0 amide bonds. The molecule has 0 fully saturated rings. The molecule has 102 valence electrons. The highest BCUT2D eigenvalue weighted by Gasteiger charge is 2.29. The zero-order chi connectivity index (χ0) is 14.5. The van der Waals surface area contributed by atoms with Crippen LogP contribution in [0, 0.1) is 5.92 Å². The summed E-state index contributed by atoms with van der Waals surface area (Å²) in [4.78, 5) is 21.1. The summed E-state index contributed by atoms with van der Waals surface area (Å²) in [6.07, 6.45) is -0.560. The summed E-state index contributed by atoms with van der Waals surface area (Å²) >= 11 is 0. The van der Waals surface area contributed by atoms with Crippen molar-refractivity contribution in [2.24, 2.45) is 5.92 Å². The fourth-order valence-corrected chi connectivity index (χ4v) is 1.63. The number of hydrogen-bond donors (Lipinski definition) is 4. The molecular weight excluding hydrogens is 240 g/mol. The molecule has 0 aliphatic heterocycles. The Labute approximate surface area is 105 Å². The molecule has 0 bridgehead atoms. The van der Waals surface area contributed by atoms with E-state index in [-0.39, 0.29) is 29.9 Å². The molecule has 0 aromatic carbocycles. The number of carboxylic acid groups (broad SMARTS) is 2. The first-order chi connectivity index (χ1) is 8.05. The molecule has 0 heterocycles. The normalized spacial score (nSPS) is 12.8. The Morgan fingerprint density at radius 2 is 1.56 bits per heavy atom. The molecule has 6 heteroatoms. The molecule has 4 N–H and O–H groups in total. The van der Waals surface area contributed by atoms with Gasteiger partial charge in [-0.1, -0.05) is 20.1 Å².